The van der Waals surface area contributed by atoms with E-state index in [4.69, 9.17) is 0 Å². The van der Waals surface area contributed by atoms with Crippen LogP contribution >= 0.6 is 23.1 Å². The first-order valence-corrected chi connectivity index (χ1v) is 9.16. The molecule has 5 nitrogen and oxygen atoms in total. The van der Waals surface area contributed by atoms with E-state index in [9.17, 15) is 9.59 Å². The number of amides is 1. The first-order valence-electron chi connectivity index (χ1n) is 7.47. The Morgan fingerprint density at radius 1 is 1.29 bits per heavy atom. The Balaban J connectivity index is 1.74. The van der Waals surface area contributed by atoms with Gasteiger partial charge in [-0.25, -0.2) is 4.98 Å². The number of carbonyl (C=O) groups is 1. The summed E-state index contributed by atoms with van der Waals surface area (Å²) in [5.41, 5.74) is 1.72. The molecule has 1 amide bonds. The number of hydrogen-bond acceptors (Lipinski definition) is 5. The second-order valence-corrected chi connectivity index (χ2v) is 8.13. The van der Waals surface area contributed by atoms with Gasteiger partial charge in [0.15, 0.2) is 5.16 Å². The maximum atomic E-state index is 12.3. The molecule has 24 heavy (non-hydrogen) atoms. The molecule has 1 atom stereocenters. The molecule has 0 fully saturated rings. The van der Waals surface area contributed by atoms with Crippen molar-refractivity contribution < 1.29 is 4.79 Å². The van der Waals surface area contributed by atoms with E-state index >= 15 is 0 Å². The van der Waals surface area contributed by atoms with Crippen LogP contribution < -0.4 is 10.9 Å². The third-order valence-corrected chi connectivity index (χ3v) is 5.41. The van der Waals surface area contributed by atoms with Gasteiger partial charge in [0.25, 0.3) is 5.56 Å². The van der Waals surface area contributed by atoms with Crippen molar-refractivity contribution in [3.05, 3.63) is 51.1 Å². The van der Waals surface area contributed by atoms with Crippen LogP contribution in [0.2, 0.25) is 0 Å². The predicted octanol–water partition coefficient (Wildman–Crippen LogP) is 3.72. The molecule has 0 radical (unpaired) electrons. The lowest BCUT2D eigenvalue weighted by Gasteiger charge is -2.11. The minimum atomic E-state index is -0.382. The van der Waals surface area contributed by atoms with Gasteiger partial charge in [0.1, 0.15) is 4.83 Å². The molecule has 1 unspecified atom stereocenters. The van der Waals surface area contributed by atoms with E-state index in [0.29, 0.717) is 15.4 Å². The van der Waals surface area contributed by atoms with Crippen molar-refractivity contribution in [2.75, 3.05) is 5.32 Å². The molecule has 7 heteroatoms. The molecule has 3 rings (SSSR count). The standard InChI is InChI=1S/C17H17N3O2S2/c1-9-4-6-12(7-5-9)18-14(21)11(3)24-17-19-15(22)13-8-10(2)23-16(13)20-17/h4-8,11H,1-3H3,(H,18,21)(H,19,20,22). The van der Waals surface area contributed by atoms with Gasteiger partial charge in [0.05, 0.1) is 10.6 Å². The fourth-order valence-corrected chi connectivity index (χ4v) is 3.92. The van der Waals surface area contributed by atoms with Crippen molar-refractivity contribution in [1.29, 1.82) is 0 Å². The Morgan fingerprint density at radius 3 is 2.71 bits per heavy atom. The van der Waals surface area contributed by atoms with Gasteiger partial charge in [-0.15, -0.1) is 11.3 Å². The van der Waals surface area contributed by atoms with Gasteiger partial charge in [0.2, 0.25) is 5.91 Å². The average Bonchev–Trinajstić information content (AvgIpc) is 2.90. The van der Waals surface area contributed by atoms with Crippen LogP contribution in [0, 0.1) is 13.8 Å². The van der Waals surface area contributed by atoms with Gasteiger partial charge < -0.3 is 10.3 Å². The zero-order valence-electron chi connectivity index (χ0n) is 13.5. The van der Waals surface area contributed by atoms with E-state index in [0.717, 1.165) is 16.1 Å². The highest BCUT2D eigenvalue weighted by molar-refractivity contribution is 8.00. The van der Waals surface area contributed by atoms with Gasteiger partial charge in [-0.3, -0.25) is 9.59 Å². The number of rotatable bonds is 4. The minimum absolute atomic E-state index is 0.131. The smallest absolute Gasteiger partial charge is 0.260 e. The zero-order valence-corrected chi connectivity index (χ0v) is 15.2. The number of carbonyl (C=O) groups excluding carboxylic acids is 1. The van der Waals surface area contributed by atoms with Crippen molar-refractivity contribution in [3.63, 3.8) is 0 Å². The Bertz CT molecular complexity index is 945. The van der Waals surface area contributed by atoms with Gasteiger partial charge >= 0.3 is 0 Å². The van der Waals surface area contributed by atoms with Crippen molar-refractivity contribution in [1.82, 2.24) is 9.97 Å². The summed E-state index contributed by atoms with van der Waals surface area (Å²) in [6.07, 6.45) is 0. The van der Waals surface area contributed by atoms with E-state index in [2.05, 4.69) is 15.3 Å². The Hall–Kier alpha value is -2.12. The van der Waals surface area contributed by atoms with Crippen molar-refractivity contribution >= 4 is 44.9 Å². The van der Waals surface area contributed by atoms with Gasteiger partial charge in [-0.1, -0.05) is 29.5 Å². The predicted molar refractivity (Wildman–Crippen MR) is 100 cm³/mol. The highest BCUT2D eigenvalue weighted by atomic mass is 32.2. The lowest BCUT2D eigenvalue weighted by molar-refractivity contribution is -0.115. The maximum Gasteiger partial charge on any atom is 0.260 e. The normalized spacial score (nSPS) is 12.3. The first kappa shape index (κ1) is 16.7. The summed E-state index contributed by atoms with van der Waals surface area (Å²) in [6, 6.07) is 9.45. The fourth-order valence-electron chi connectivity index (χ4n) is 2.19. The molecular formula is C17H17N3O2S2. The number of thioether (sulfide) groups is 1. The topological polar surface area (TPSA) is 74.8 Å². The Kier molecular flexibility index (Phi) is 4.73. The molecule has 3 aromatic rings. The summed E-state index contributed by atoms with van der Waals surface area (Å²) >= 11 is 2.72. The lowest BCUT2D eigenvalue weighted by atomic mass is 10.2. The molecule has 0 aliphatic carbocycles. The monoisotopic (exact) mass is 359 g/mol. The molecule has 0 saturated carbocycles. The molecule has 0 aliphatic heterocycles. The molecule has 2 aromatic heterocycles. The molecule has 0 bridgehead atoms. The number of benzene rings is 1. The van der Waals surface area contributed by atoms with E-state index in [1.54, 1.807) is 6.92 Å². The van der Waals surface area contributed by atoms with Crippen molar-refractivity contribution in [3.8, 4) is 0 Å². The van der Waals surface area contributed by atoms with Crippen LogP contribution in [0.3, 0.4) is 0 Å². The number of nitrogens with zero attached hydrogens (tertiary/aromatic N) is 1. The number of anilines is 1. The molecule has 0 aliphatic rings. The number of nitrogens with one attached hydrogen (secondary N) is 2. The van der Waals surface area contributed by atoms with E-state index < -0.39 is 0 Å². The number of fused-ring (bicyclic) bond motifs is 1. The largest absolute Gasteiger partial charge is 0.325 e. The van der Waals surface area contributed by atoms with Crippen LogP contribution in [-0.2, 0) is 4.79 Å². The number of H-pyrrole nitrogens is 1. The number of aryl methyl sites for hydroxylation is 2. The highest BCUT2D eigenvalue weighted by Gasteiger charge is 2.17. The lowest BCUT2D eigenvalue weighted by Crippen LogP contribution is -2.23. The second-order valence-electron chi connectivity index (χ2n) is 5.56. The highest BCUT2D eigenvalue weighted by Crippen LogP contribution is 2.25. The van der Waals surface area contributed by atoms with Crippen LogP contribution in [0.15, 0.2) is 40.3 Å². The third kappa shape index (κ3) is 3.68. The summed E-state index contributed by atoms with van der Waals surface area (Å²) < 4.78 is 0. The van der Waals surface area contributed by atoms with Crippen LogP contribution in [0.25, 0.3) is 10.2 Å². The molecule has 0 saturated heterocycles. The SMILES string of the molecule is Cc1ccc(NC(=O)C(C)Sc2nc3sc(C)cc3c(=O)[nH]2)cc1. The number of hydrogen-bond donors (Lipinski definition) is 2. The summed E-state index contributed by atoms with van der Waals surface area (Å²) in [5.74, 6) is -0.131. The zero-order chi connectivity index (χ0) is 17.3. The molecule has 2 N–H and O–H groups in total. The first-order chi connectivity index (χ1) is 11.4. The number of aromatic nitrogens is 2. The Morgan fingerprint density at radius 2 is 2.00 bits per heavy atom. The Labute approximate surface area is 147 Å². The number of aromatic amines is 1. The summed E-state index contributed by atoms with van der Waals surface area (Å²) in [5, 5.41) is 3.54. The van der Waals surface area contributed by atoms with Gasteiger partial charge in [-0.2, -0.15) is 0 Å². The molecule has 2 heterocycles. The summed E-state index contributed by atoms with van der Waals surface area (Å²) in [6.45, 7) is 5.73. The van der Waals surface area contributed by atoms with Gasteiger partial charge in [-0.05, 0) is 39.0 Å². The number of thiophene rings is 1. The van der Waals surface area contributed by atoms with Crippen LogP contribution in [0.4, 0.5) is 5.69 Å². The molecular weight excluding hydrogens is 342 g/mol. The molecule has 1 aromatic carbocycles. The minimum Gasteiger partial charge on any atom is -0.325 e. The summed E-state index contributed by atoms with van der Waals surface area (Å²) in [7, 11) is 0. The molecule has 0 spiro atoms. The van der Waals surface area contributed by atoms with E-state index in [1.165, 1.54) is 23.1 Å². The van der Waals surface area contributed by atoms with Crippen LogP contribution in [-0.4, -0.2) is 21.1 Å². The van der Waals surface area contributed by atoms with Crippen molar-refractivity contribution in [2.24, 2.45) is 0 Å². The van der Waals surface area contributed by atoms with Gasteiger partial charge in [0, 0.05) is 10.6 Å². The quantitative estimate of drug-likeness (QED) is 0.550. The van der Waals surface area contributed by atoms with E-state index in [1.807, 2.05) is 44.2 Å². The second kappa shape index (κ2) is 6.78. The summed E-state index contributed by atoms with van der Waals surface area (Å²) in [4.78, 5) is 33.3. The average molecular weight is 359 g/mol. The third-order valence-electron chi connectivity index (χ3n) is 3.48. The molecule has 124 valence electrons. The van der Waals surface area contributed by atoms with Crippen LogP contribution in [0.1, 0.15) is 17.4 Å². The van der Waals surface area contributed by atoms with Crippen molar-refractivity contribution in [2.45, 2.75) is 31.2 Å². The fraction of sp³-hybridized carbons (Fsp3) is 0.235. The van der Waals surface area contributed by atoms with E-state index in [-0.39, 0.29) is 16.7 Å². The van der Waals surface area contributed by atoms with Crippen LogP contribution in [0.5, 0.6) is 0 Å². The maximum absolute atomic E-state index is 12.3.